The molecule has 27 heavy (non-hydrogen) atoms. The topological polar surface area (TPSA) is 45.7 Å². The van der Waals surface area contributed by atoms with Crippen molar-refractivity contribution in [2.45, 2.75) is 25.2 Å². The fraction of sp³-hybridized carbons (Fsp3) is 0.455. The van der Waals surface area contributed by atoms with E-state index in [1.54, 1.807) is 6.20 Å². The highest BCUT2D eigenvalue weighted by molar-refractivity contribution is 5.94. The Morgan fingerprint density at radius 3 is 2.52 bits per heavy atom. The molecule has 2 saturated heterocycles. The molecule has 0 aliphatic carbocycles. The number of morpholine rings is 1. The van der Waals surface area contributed by atoms with Crippen LogP contribution in [-0.2, 0) is 4.74 Å². The minimum atomic E-state index is 0.102. The largest absolute Gasteiger partial charge is 0.378 e. The van der Waals surface area contributed by atoms with Gasteiger partial charge in [0, 0.05) is 32.4 Å². The molecule has 5 nitrogen and oxygen atoms in total. The minimum absolute atomic E-state index is 0.102. The standard InChI is InChI=1S/C22H27N3O2/c26-22(20-8-9-21(23-17-20)24-13-15-27-16-14-24)25-11-4-7-19(10-12-25)18-5-2-1-3-6-18/h1-3,5-6,8-9,17,19H,4,7,10-16H2/t19-/m1/s1. The van der Waals surface area contributed by atoms with Crippen molar-refractivity contribution in [2.75, 3.05) is 44.3 Å². The first kappa shape index (κ1) is 18.0. The molecule has 2 aliphatic heterocycles. The molecule has 1 amide bonds. The Labute approximate surface area is 161 Å². The summed E-state index contributed by atoms with van der Waals surface area (Å²) in [6, 6.07) is 14.6. The molecule has 0 unspecified atom stereocenters. The van der Waals surface area contributed by atoms with E-state index in [0.29, 0.717) is 11.5 Å². The van der Waals surface area contributed by atoms with Gasteiger partial charge in [-0.05, 0) is 42.9 Å². The van der Waals surface area contributed by atoms with Crippen molar-refractivity contribution in [3.05, 3.63) is 59.8 Å². The molecule has 2 aromatic rings. The summed E-state index contributed by atoms with van der Waals surface area (Å²) >= 11 is 0. The zero-order valence-electron chi connectivity index (χ0n) is 15.7. The summed E-state index contributed by atoms with van der Waals surface area (Å²) in [4.78, 5) is 21.7. The molecule has 0 radical (unpaired) electrons. The summed E-state index contributed by atoms with van der Waals surface area (Å²) < 4.78 is 5.38. The Morgan fingerprint density at radius 2 is 1.78 bits per heavy atom. The zero-order valence-corrected chi connectivity index (χ0v) is 15.7. The highest BCUT2D eigenvalue weighted by Gasteiger charge is 2.23. The zero-order chi connectivity index (χ0) is 18.5. The Hall–Kier alpha value is -2.40. The maximum Gasteiger partial charge on any atom is 0.255 e. The Bertz CT molecular complexity index is 742. The van der Waals surface area contributed by atoms with Crippen molar-refractivity contribution in [3.63, 3.8) is 0 Å². The van der Waals surface area contributed by atoms with Crippen molar-refractivity contribution in [1.29, 1.82) is 0 Å². The number of nitrogens with zero attached hydrogens (tertiary/aromatic N) is 3. The number of aromatic nitrogens is 1. The molecule has 5 heteroatoms. The number of benzene rings is 1. The number of likely N-dealkylation sites (tertiary alicyclic amines) is 1. The lowest BCUT2D eigenvalue weighted by molar-refractivity contribution is 0.0760. The Morgan fingerprint density at radius 1 is 0.963 bits per heavy atom. The first-order valence-corrected chi connectivity index (χ1v) is 9.94. The van der Waals surface area contributed by atoms with Crippen LogP contribution in [0.15, 0.2) is 48.7 Å². The molecule has 0 spiro atoms. The molecular weight excluding hydrogens is 338 g/mol. The Balaban J connectivity index is 1.39. The highest BCUT2D eigenvalue weighted by Crippen LogP contribution is 2.28. The quantitative estimate of drug-likeness (QED) is 0.837. The maximum atomic E-state index is 12.9. The molecule has 2 aliphatic rings. The van der Waals surface area contributed by atoms with Crippen molar-refractivity contribution >= 4 is 11.7 Å². The van der Waals surface area contributed by atoms with Crippen LogP contribution in [0.1, 0.15) is 41.1 Å². The maximum absolute atomic E-state index is 12.9. The van der Waals surface area contributed by atoms with Crippen LogP contribution in [0.3, 0.4) is 0 Å². The van der Waals surface area contributed by atoms with Gasteiger partial charge >= 0.3 is 0 Å². The monoisotopic (exact) mass is 365 g/mol. The van der Waals surface area contributed by atoms with Gasteiger partial charge in [0.05, 0.1) is 18.8 Å². The van der Waals surface area contributed by atoms with Crippen LogP contribution in [0.5, 0.6) is 0 Å². The molecule has 0 N–H and O–H groups in total. The summed E-state index contributed by atoms with van der Waals surface area (Å²) in [6.07, 6.45) is 4.94. The number of amides is 1. The first-order chi connectivity index (χ1) is 13.3. The predicted molar refractivity (Wildman–Crippen MR) is 106 cm³/mol. The minimum Gasteiger partial charge on any atom is -0.378 e. The van der Waals surface area contributed by atoms with Crippen LogP contribution in [0, 0.1) is 0 Å². The normalized spacial score (nSPS) is 21.0. The lowest BCUT2D eigenvalue weighted by atomic mass is 9.92. The average Bonchev–Trinajstić information content (AvgIpc) is 3.01. The van der Waals surface area contributed by atoms with Gasteiger partial charge in [0.15, 0.2) is 0 Å². The molecule has 1 aromatic carbocycles. The van der Waals surface area contributed by atoms with Crippen molar-refractivity contribution in [2.24, 2.45) is 0 Å². The highest BCUT2D eigenvalue weighted by atomic mass is 16.5. The molecule has 1 atom stereocenters. The molecule has 2 fully saturated rings. The second-order valence-corrected chi connectivity index (χ2v) is 7.34. The molecule has 0 bridgehead atoms. The van der Waals surface area contributed by atoms with Crippen LogP contribution in [0.4, 0.5) is 5.82 Å². The van der Waals surface area contributed by atoms with Crippen molar-refractivity contribution in [3.8, 4) is 0 Å². The van der Waals surface area contributed by atoms with Crippen molar-refractivity contribution < 1.29 is 9.53 Å². The fourth-order valence-corrected chi connectivity index (χ4v) is 4.03. The number of anilines is 1. The number of rotatable bonds is 3. The third-order valence-electron chi connectivity index (χ3n) is 5.62. The molecule has 1 aromatic heterocycles. The summed E-state index contributed by atoms with van der Waals surface area (Å²) in [6.45, 7) is 4.81. The average molecular weight is 365 g/mol. The third-order valence-corrected chi connectivity index (χ3v) is 5.62. The van der Waals surface area contributed by atoms with Gasteiger partial charge in [-0.25, -0.2) is 4.98 Å². The van der Waals surface area contributed by atoms with E-state index in [4.69, 9.17) is 4.74 Å². The molecular formula is C22H27N3O2. The predicted octanol–water partition coefficient (Wildman–Crippen LogP) is 3.33. The first-order valence-electron chi connectivity index (χ1n) is 9.94. The number of ether oxygens (including phenoxy) is 1. The van der Waals surface area contributed by atoms with Gasteiger partial charge in [-0.3, -0.25) is 4.79 Å². The van der Waals surface area contributed by atoms with E-state index in [2.05, 4.69) is 40.2 Å². The van der Waals surface area contributed by atoms with Gasteiger partial charge in [0.25, 0.3) is 5.91 Å². The Kier molecular flexibility index (Phi) is 5.68. The number of carbonyl (C=O) groups is 1. The van der Waals surface area contributed by atoms with Crippen LogP contribution < -0.4 is 4.90 Å². The summed E-state index contributed by atoms with van der Waals surface area (Å²) in [5.41, 5.74) is 2.08. The number of hydrogen-bond acceptors (Lipinski definition) is 4. The van der Waals surface area contributed by atoms with Crippen LogP contribution >= 0.6 is 0 Å². The lowest BCUT2D eigenvalue weighted by Gasteiger charge is -2.28. The lowest BCUT2D eigenvalue weighted by Crippen LogP contribution is -2.37. The van der Waals surface area contributed by atoms with Gasteiger partial charge in [0.2, 0.25) is 0 Å². The summed E-state index contributed by atoms with van der Waals surface area (Å²) in [7, 11) is 0. The van der Waals surface area contributed by atoms with E-state index < -0.39 is 0 Å². The van der Waals surface area contributed by atoms with E-state index in [-0.39, 0.29) is 5.91 Å². The van der Waals surface area contributed by atoms with Gasteiger partial charge in [0.1, 0.15) is 5.82 Å². The number of hydrogen-bond donors (Lipinski definition) is 0. The van der Waals surface area contributed by atoms with Gasteiger partial charge < -0.3 is 14.5 Å². The molecule has 142 valence electrons. The molecule has 3 heterocycles. The third kappa shape index (κ3) is 4.30. The molecule has 4 rings (SSSR count). The van der Waals surface area contributed by atoms with Crippen LogP contribution in [-0.4, -0.2) is 55.2 Å². The smallest absolute Gasteiger partial charge is 0.255 e. The van der Waals surface area contributed by atoms with Crippen molar-refractivity contribution in [1.82, 2.24) is 9.88 Å². The number of pyridine rings is 1. The second kappa shape index (κ2) is 8.53. The van der Waals surface area contributed by atoms with E-state index in [9.17, 15) is 4.79 Å². The van der Waals surface area contributed by atoms with Gasteiger partial charge in [-0.15, -0.1) is 0 Å². The van der Waals surface area contributed by atoms with E-state index in [1.165, 1.54) is 5.56 Å². The molecule has 0 saturated carbocycles. The summed E-state index contributed by atoms with van der Waals surface area (Å²) in [5.74, 6) is 1.57. The summed E-state index contributed by atoms with van der Waals surface area (Å²) in [5, 5.41) is 0. The number of carbonyl (C=O) groups excluding carboxylic acids is 1. The second-order valence-electron chi connectivity index (χ2n) is 7.34. The van der Waals surface area contributed by atoms with E-state index >= 15 is 0 Å². The van der Waals surface area contributed by atoms with Gasteiger partial charge in [-0.1, -0.05) is 30.3 Å². The van der Waals surface area contributed by atoms with Gasteiger partial charge in [-0.2, -0.15) is 0 Å². The fourth-order valence-electron chi connectivity index (χ4n) is 4.03. The van der Waals surface area contributed by atoms with Crippen LogP contribution in [0.25, 0.3) is 0 Å². The van der Waals surface area contributed by atoms with E-state index in [1.807, 2.05) is 17.0 Å². The van der Waals surface area contributed by atoms with Crippen LogP contribution in [0.2, 0.25) is 0 Å². The van der Waals surface area contributed by atoms with E-state index in [0.717, 1.165) is 64.5 Å². The SMILES string of the molecule is O=C(c1ccc(N2CCOCC2)nc1)N1CCC[C@@H](c2ccccc2)CC1.